The van der Waals surface area contributed by atoms with Crippen LogP contribution in [0.25, 0.3) is 0 Å². The highest BCUT2D eigenvalue weighted by Gasteiger charge is 2.24. The number of halogens is 2. The smallest absolute Gasteiger partial charge is 0.243 e. The first-order valence-corrected chi connectivity index (χ1v) is 7.79. The number of benzene rings is 1. The molecule has 118 valence electrons. The van der Waals surface area contributed by atoms with Crippen molar-refractivity contribution in [2.75, 3.05) is 26.4 Å². The van der Waals surface area contributed by atoms with Gasteiger partial charge in [0.1, 0.15) is 4.90 Å². The summed E-state index contributed by atoms with van der Waals surface area (Å²) < 4.78 is 63.8. The molecule has 1 aliphatic rings. The van der Waals surface area contributed by atoms with Crippen LogP contribution < -0.4 is 10.5 Å². The first kappa shape index (κ1) is 16.2. The minimum atomic E-state index is -4.20. The predicted molar refractivity (Wildman–Crippen MR) is 70.0 cm³/mol. The summed E-state index contributed by atoms with van der Waals surface area (Å²) in [5.74, 6) is -2.68. The zero-order valence-electron chi connectivity index (χ0n) is 11.1. The standard InChI is InChI=1S/C12H16F2N2O4S/c13-10-3-8(5-15)4-11(12(10)14)21(17,18)16-6-9-7-19-1-2-20-9/h3-4,9,16H,1-2,5-7,15H2. The lowest BCUT2D eigenvalue weighted by Crippen LogP contribution is -2.40. The molecule has 21 heavy (non-hydrogen) atoms. The first-order chi connectivity index (χ1) is 9.94. The molecule has 0 radical (unpaired) electrons. The van der Waals surface area contributed by atoms with Crippen molar-refractivity contribution in [1.82, 2.24) is 4.72 Å². The number of nitrogens with one attached hydrogen (secondary N) is 1. The quantitative estimate of drug-likeness (QED) is 0.803. The van der Waals surface area contributed by atoms with Crippen LogP contribution >= 0.6 is 0 Å². The van der Waals surface area contributed by atoms with E-state index in [4.69, 9.17) is 15.2 Å². The Kier molecular flexibility index (Phi) is 5.22. The van der Waals surface area contributed by atoms with E-state index in [-0.39, 0.29) is 25.3 Å². The Hall–Kier alpha value is -1.13. The van der Waals surface area contributed by atoms with Crippen LogP contribution in [0.3, 0.4) is 0 Å². The molecule has 1 fully saturated rings. The Morgan fingerprint density at radius 1 is 1.33 bits per heavy atom. The molecular weight excluding hydrogens is 306 g/mol. The fourth-order valence-electron chi connectivity index (χ4n) is 1.87. The van der Waals surface area contributed by atoms with E-state index in [9.17, 15) is 17.2 Å². The minimum absolute atomic E-state index is 0.0871. The summed E-state index contributed by atoms with van der Waals surface area (Å²) in [6, 6.07) is 1.88. The van der Waals surface area contributed by atoms with Crippen molar-refractivity contribution in [3.8, 4) is 0 Å². The van der Waals surface area contributed by atoms with Gasteiger partial charge in [0.2, 0.25) is 10.0 Å². The van der Waals surface area contributed by atoms with Crippen molar-refractivity contribution in [3.63, 3.8) is 0 Å². The van der Waals surface area contributed by atoms with E-state index in [1.165, 1.54) is 0 Å². The molecule has 0 aliphatic carbocycles. The van der Waals surface area contributed by atoms with E-state index in [0.717, 1.165) is 12.1 Å². The summed E-state index contributed by atoms with van der Waals surface area (Å²) in [7, 11) is -4.20. The molecule has 1 saturated heterocycles. The van der Waals surface area contributed by atoms with Crippen LogP contribution in [-0.2, 0) is 26.0 Å². The van der Waals surface area contributed by atoms with Crippen LogP contribution in [-0.4, -0.2) is 40.9 Å². The fraction of sp³-hybridized carbons (Fsp3) is 0.500. The molecule has 1 atom stereocenters. The molecule has 0 amide bonds. The molecule has 1 aromatic carbocycles. The van der Waals surface area contributed by atoms with Gasteiger partial charge in [-0.1, -0.05) is 0 Å². The maximum absolute atomic E-state index is 13.7. The van der Waals surface area contributed by atoms with E-state index >= 15 is 0 Å². The second kappa shape index (κ2) is 6.75. The summed E-state index contributed by atoms with van der Waals surface area (Å²) in [4.78, 5) is -0.764. The van der Waals surface area contributed by atoms with Gasteiger partial charge in [-0.15, -0.1) is 0 Å². The molecule has 9 heteroatoms. The van der Waals surface area contributed by atoms with Crippen molar-refractivity contribution >= 4 is 10.0 Å². The topological polar surface area (TPSA) is 90.7 Å². The van der Waals surface area contributed by atoms with Gasteiger partial charge >= 0.3 is 0 Å². The summed E-state index contributed by atoms with van der Waals surface area (Å²) >= 11 is 0. The van der Waals surface area contributed by atoms with Gasteiger partial charge in [0.05, 0.1) is 25.9 Å². The van der Waals surface area contributed by atoms with Crippen molar-refractivity contribution in [1.29, 1.82) is 0 Å². The molecule has 1 aromatic rings. The lowest BCUT2D eigenvalue weighted by Gasteiger charge is -2.23. The van der Waals surface area contributed by atoms with E-state index in [1.807, 2.05) is 0 Å². The summed E-state index contributed by atoms with van der Waals surface area (Å²) in [6.45, 7) is 0.859. The third kappa shape index (κ3) is 3.95. The molecule has 3 N–H and O–H groups in total. The average molecular weight is 322 g/mol. The van der Waals surface area contributed by atoms with Gasteiger partial charge in [0.15, 0.2) is 11.6 Å². The van der Waals surface area contributed by atoms with Crippen molar-refractivity contribution in [2.45, 2.75) is 17.5 Å². The van der Waals surface area contributed by atoms with Crippen molar-refractivity contribution in [3.05, 3.63) is 29.3 Å². The predicted octanol–water partition coefficient (Wildman–Crippen LogP) is 0.117. The third-order valence-corrected chi connectivity index (χ3v) is 4.39. The van der Waals surface area contributed by atoms with Crippen LogP contribution in [0.15, 0.2) is 17.0 Å². The van der Waals surface area contributed by atoms with Crippen LogP contribution in [0.1, 0.15) is 5.56 Å². The number of hydrogen-bond donors (Lipinski definition) is 2. The molecule has 0 spiro atoms. The lowest BCUT2D eigenvalue weighted by atomic mass is 10.2. The maximum Gasteiger partial charge on any atom is 0.243 e. The van der Waals surface area contributed by atoms with Crippen molar-refractivity contribution in [2.24, 2.45) is 5.73 Å². The van der Waals surface area contributed by atoms with Crippen LogP contribution in [0.2, 0.25) is 0 Å². The van der Waals surface area contributed by atoms with E-state index in [0.29, 0.717) is 13.2 Å². The molecule has 0 saturated carbocycles. The zero-order valence-corrected chi connectivity index (χ0v) is 12.0. The fourth-order valence-corrected chi connectivity index (χ4v) is 3.07. The van der Waals surface area contributed by atoms with Gasteiger partial charge in [-0.2, -0.15) is 0 Å². The molecule has 1 unspecified atom stereocenters. The molecule has 0 bridgehead atoms. The van der Waals surface area contributed by atoms with Gasteiger partial charge < -0.3 is 15.2 Å². The Balaban J connectivity index is 2.16. The number of sulfonamides is 1. The van der Waals surface area contributed by atoms with Crippen LogP contribution in [0.5, 0.6) is 0 Å². The number of nitrogens with two attached hydrogens (primary N) is 1. The Morgan fingerprint density at radius 3 is 2.71 bits per heavy atom. The molecule has 1 aliphatic heterocycles. The number of hydrogen-bond acceptors (Lipinski definition) is 5. The highest BCUT2D eigenvalue weighted by atomic mass is 32.2. The summed E-state index contributed by atoms with van der Waals surface area (Å²) in [5.41, 5.74) is 5.52. The number of rotatable bonds is 5. The highest BCUT2D eigenvalue weighted by Crippen LogP contribution is 2.19. The molecular formula is C12H16F2N2O4S. The van der Waals surface area contributed by atoms with Crippen LogP contribution in [0, 0.1) is 11.6 Å². The second-order valence-corrected chi connectivity index (χ2v) is 6.25. The lowest BCUT2D eigenvalue weighted by molar-refractivity contribution is -0.0847. The van der Waals surface area contributed by atoms with Gasteiger partial charge in [0, 0.05) is 13.1 Å². The second-order valence-electron chi connectivity index (χ2n) is 4.51. The SMILES string of the molecule is NCc1cc(F)c(F)c(S(=O)(=O)NCC2COCCO2)c1. The Labute approximate surface area is 121 Å². The molecule has 0 aromatic heterocycles. The van der Waals surface area contributed by atoms with Crippen molar-refractivity contribution < 1.29 is 26.7 Å². The van der Waals surface area contributed by atoms with E-state index in [1.54, 1.807) is 0 Å². The normalized spacial score (nSPS) is 19.7. The molecule has 2 rings (SSSR count). The van der Waals surface area contributed by atoms with Gasteiger partial charge in [-0.25, -0.2) is 21.9 Å². The largest absolute Gasteiger partial charge is 0.376 e. The summed E-state index contributed by atoms with van der Waals surface area (Å²) in [6.07, 6.45) is -0.459. The monoisotopic (exact) mass is 322 g/mol. The molecule has 6 nitrogen and oxygen atoms in total. The molecule has 1 heterocycles. The van der Waals surface area contributed by atoms with Gasteiger partial charge in [-0.3, -0.25) is 0 Å². The van der Waals surface area contributed by atoms with Gasteiger partial charge in [0.25, 0.3) is 0 Å². The highest BCUT2D eigenvalue weighted by molar-refractivity contribution is 7.89. The van der Waals surface area contributed by atoms with E-state index in [2.05, 4.69) is 4.72 Å². The summed E-state index contributed by atoms with van der Waals surface area (Å²) in [5, 5.41) is 0. The van der Waals surface area contributed by atoms with Crippen LogP contribution in [0.4, 0.5) is 8.78 Å². The number of ether oxygens (including phenoxy) is 2. The first-order valence-electron chi connectivity index (χ1n) is 6.31. The average Bonchev–Trinajstić information content (AvgIpc) is 2.48. The Bertz CT molecular complexity index is 604. The Morgan fingerprint density at radius 2 is 2.10 bits per heavy atom. The zero-order chi connectivity index (χ0) is 15.5. The van der Waals surface area contributed by atoms with E-state index < -0.39 is 32.7 Å². The van der Waals surface area contributed by atoms with Gasteiger partial charge in [-0.05, 0) is 17.7 Å². The third-order valence-electron chi connectivity index (χ3n) is 2.97. The maximum atomic E-state index is 13.7. The minimum Gasteiger partial charge on any atom is -0.376 e.